The molecule has 0 aromatic heterocycles. The first-order valence-electron chi connectivity index (χ1n) is 5.68. The van der Waals surface area contributed by atoms with Crippen molar-refractivity contribution in [3.05, 3.63) is 59.4 Å². The number of hydrogen-bond acceptors (Lipinski definition) is 4. The van der Waals surface area contributed by atoms with Crippen LogP contribution < -0.4 is 5.32 Å². The molecule has 1 atom stereocenters. The molecule has 0 saturated heterocycles. The Bertz CT molecular complexity index is 560. The van der Waals surface area contributed by atoms with Crippen molar-refractivity contribution in [1.82, 2.24) is 5.32 Å². The van der Waals surface area contributed by atoms with E-state index in [-0.39, 0.29) is 11.1 Å². The minimum atomic E-state index is -1.07. The highest BCUT2D eigenvalue weighted by Gasteiger charge is 2.32. The molecule has 5 nitrogen and oxygen atoms in total. The topological polar surface area (TPSA) is 75.6 Å². The van der Waals surface area contributed by atoms with Gasteiger partial charge in [-0.1, -0.05) is 30.3 Å². The SMILES string of the molecule is COC(=O)C1=CNC=C(C(=O)O)C1c1ccccc1. The van der Waals surface area contributed by atoms with Crippen LogP contribution in [-0.4, -0.2) is 24.2 Å². The molecule has 1 unspecified atom stereocenters. The molecule has 1 aliphatic heterocycles. The molecule has 1 aromatic rings. The van der Waals surface area contributed by atoms with E-state index in [2.05, 4.69) is 5.32 Å². The van der Waals surface area contributed by atoms with Crippen molar-refractivity contribution in [2.24, 2.45) is 0 Å². The van der Waals surface area contributed by atoms with Gasteiger partial charge in [0.25, 0.3) is 0 Å². The summed E-state index contributed by atoms with van der Waals surface area (Å²) >= 11 is 0. The summed E-state index contributed by atoms with van der Waals surface area (Å²) in [4.78, 5) is 23.1. The molecule has 5 heteroatoms. The Hall–Kier alpha value is -2.56. The highest BCUT2D eigenvalue weighted by molar-refractivity contribution is 5.97. The second-order valence-corrected chi connectivity index (χ2v) is 4.01. The van der Waals surface area contributed by atoms with E-state index >= 15 is 0 Å². The molecule has 0 bridgehead atoms. The summed E-state index contributed by atoms with van der Waals surface area (Å²) < 4.78 is 4.70. The van der Waals surface area contributed by atoms with Crippen LogP contribution in [-0.2, 0) is 14.3 Å². The number of ether oxygens (including phenoxy) is 1. The molecule has 2 rings (SSSR count). The van der Waals surface area contributed by atoms with Crippen molar-refractivity contribution in [2.45, 2.75) is 5.92 Å². The maximum Gasteiger partial charge on any atom is 0.336 e. The lowest BCUT2D eigenvalue weighted by molar-refractivity contribution is -0.136. The van der Waals surface area contributed by atoms with Gasteiger partial charge in [-0.15, -0.1) is 0 Å². The smallest absolute Gasteiger partial charge is 0.336 e. The number of carbonyl (C=O) groups excluding carboxylic acids is 1. The van der Waals surface area contributed by atoms with E-state index in [4.69, 9.17) is 4.74 Å². The van der Waals surface area contributed by atoms with Crippen LogP contribution in [0.1, 0.15) is 11.5 Å². The minimum Gasteiger partial charge on any atom is -0.478 e. The maximum absolute atomic E-state index is 11.8. The summed E-state index contributed by atoms with van der Waals surface area (Å²) in [6.07, 6.45) is 2.85. The number of hydrogen-bond donors (Lipinski definition) is 2. The van der Waals surface area contributed by atoms with Gasteiger partial charge in [0.2, 0.25) is 0 Å². The van der Waals surface area contributed by atoms with E-state index in [1.165, 1.54) is 19.5 Å². The first-order valence-corrected chi connectivity index (χ1v) is 5.68. The third kappa shape index (κ3) is 2.49. The van der Waals surface area contributed by atoms with Crippen molar-refractivity contribution in [3.63, 3.8) is 0 Å². The number of dihydropyridines is 1. The molecule has 1 aromatic carbocycles. The lowest BCUT2D eigenvalue weighted by Gasteiger charge is -2.23. The summed E-state index contributed by atoms with van der Waals surface area (Å²) in [5.74, 6) is -2.25. The summed E-state index contributed by atoms with van der Waals surface area (Å²) in [5, 5.41) is 11.9. The van der Waals surface area contributed by atoms with Crippen molar-refractivity contribution in [2.75, 3.05) is 7.11 Å². The molecule has 2 N–H and O–H groups in total. The number of nitrogens with one attached hydrogen (secondary N) is 1. The Morgan fingerprint density at radius 2 is 1.79 bits per heavy atom. The standard InChI is InChI=1S/C14H13NO4/c1-19-14(18)11-8-15-7-10(13(16)17)12(11)9-5-3-2-4-6-9/h2-8,12,15H,1H3,(H,16,17). The summed E-state index contributed by atoms with van der Waals surface area (Å²) in [6, 6.07) is 8.99. The summed E-state index contributed by atoms with van der Waals surface area (Å²) in [7, 11) is 1.27. The van der Waals surface area contributed by atoms with E-state index in [0.29, 0.717) is 0 Å². The Morgan fingerprint density at radius 1 is 1.16 bits per heavy atom. The Balaban J connectivity index is 2.49. The zero-order chi connectivity index (χ0) is 13.8. The van der Waals surface area contributed by atoms with Gasteiger partial charge in [-0.3, -0.25) is 0 Å². The second-order valence-electron chi connectivity index (χ2n) is 4.01. The second kappa shape index (κ2) is 5.39. The molecular formula is C14H13NO4. The van der Waals surface area contributed by atoms with E-state index in [9.17, 15) is 14.7 Å². The van der Waals surface area contributed by atoms with Gasteiger partial charge in [0.15, 0.2) is 0 Å². The predicted octanol–water partition coefficient (Wildman–Crippen LogP) is 1.40. The molecule has 0 fully saturated rings. The molecule has 0 spiro atoms. The van der Waals surface area contributed by atoms with Gasteiger partial charge in [0.05, 0.1) is 24.2 Å². The van der Waals surface area contributed by atoms with Gasteiger partial charge in [-0.05, 0) is 5.56 Å². The van der Waals surface area contributed by atoms with Crippen LogP contribution in [0.4, 0.5) is 0 Å². The Morgan fingerprint density at radius 3 is 2.37 bits per heavy atom. The first-order chi connectivity index (χ1) is 9.15. The van der Waals surface area contributed by atoms with Gasteiger partial charge in [0, 0.05) is 12.4 Å². The van der Waals surface area contributed by atoms with Crippen molar-refractivity contribution >= 4 is 11.9 Å². The fourth-order valence-electron chi connectivity index (χ4n) is 2.04. The first kappa shape index (κ1) is 12.9. The third-order valence-electron chi connectivity index (χ3n) is 2.90. The number of rotatable bonds is 3. The average molecular weight is 259 g/mol. The largest absolute Gasteiger partial charge is 0.478 e. The Kier molecular flexibility index (Phi) is 3.66. The van der Waals surface area contributed by atoms with E-state index < -0.39 is 17.9 Å². The molecule has 19 heavy (non-hydrogen) atoms. The summed E-state index contributed by atoms with van der Waals surface area (Å²) in [6.45, 7) is 0. The van der Waals surface area contributed by atoms with Crippen LogP contribution in [0.2, 0.25) is 0 Å². The highest BCUT2D eigenvalue weighted by Crippen LogP contribution is 2.34. The van der Waals surface area contributed by atoms with E-state index in [0.717, 1.165) is 5.56 Å². The number of carboxylic acids is 1. The number of esters is 1. The van der Waals surface area contributed by atoms with Crippen LogP contribution >= 0.6 is 0 Å². The van der Waals surface area contributed by atoms with Gasteiger partial charge in [0.1, 0.15) is 0 Å². The third-order valence-corrected chi connectivity index (χ3v) is 2.90. The highest BCUT2D eigenvalue weighted by atomic mass is 16.5. The van der Waals surface area contributed by atoms with Gasteiger partial charge >= 0.3 is 11.9 Å². The van der Waals surface area contributed by atoms with Crippen LogP contribution in [0.5, 0.6) is 0 Å². The van der Waals surface area contributed by atoms with Crippen molar-refractivity contribution in [1.29, 1.82) is 0 Å². The number of carboxylic acid groups (broad SMARTS) is 1. The van der Waals surface area contributed by atoms with Crippen molar-refractivity contribution < 1.29 is 19.4 Å². The molecule has 0 saturated carbocycles. The Labute approximate surface area is 110 Å². The van der Waals surface area contributed by atoms with Crippen LogP contribution in [0.15, 0.2) is 53.9 Å². The van der Waals surface area contributed by atoms with E-state index in [1.807, 2.05) is 6.07 Å². The zero-order valence-electron chi connectivity index (χ0n) is 10.3. The number of benzene rings is 1. The quantitative estimate of drug-likeness (QED) is 0.802. The molecule has 1 aliphatic rings. The van der Waals surface area contributed by atoms with Gasteiger partial charge in [-0.2, -0.15) is 0 Å². The monoisotopic (exact) mass is 259 g/mol. The summed E-state index contributed by atoms with van der Waals surface area (Å²) in [5.41, 5.74) is 1.11. The fraction of sp³-hybridized carbons (Fsp3) is 0.143. The molecule has 0 radical (unpaired) electrons. The van der Waals surface area contributed by atoms with Gasteiger partial charge in [-0.25, -0.2) is 9.59 Å². The molecule has 0 amide bonds. The van der Waals surface area contributed by atoms with Crippen LogP contribution in [0, 0.1) is 0 Å². The van der Waals surface area contributed by atoms with Crippen LogP contribution in [0.25, 0.3) is 0 Å². The normalized spacial score (nSPS) is 17.8. The molecule has 98 valence electrons. The van der Waals surface area contributed by atoms with Crippen molar-refractivity contribution in [3.8, 4) is 0 Å². The average Bonchev–Trinajstić information content (AvgIpc) is 2.46. The van der Waals surface area contributed by atoms with Gasteiger partial charge < -0.3 is 15.2 Å². The molecule has 1 heterocycles. The fourth-order valence-corrected chi connectivity index (χ4v) is 2.04. The maximum atomic E-state index is 11.8. The lowest BCUT2D eigenvalue weighted by Crippen LogP contribution is -2.25. The molecular weight excluding hydrogens is 246 g/mol. The lowest BCUT2D eigenvalue weighted by atomic mass is 9.84. The zero-order valence-corrected chi connectivity index (χ0v) is 10.3. The number of carbonyl (C=O) groups is 2. The minimum absolute atomic E-state index is 0.106. The van der Waals surface area contributed by atoms with Crippen LogP contribution in [0.3, 0.4) is 0 Å². The number of methoxy groups -OCH3 is 1. The number of aliphatic carboxylic acids is 1. The predicted molar refractivity (Wildman–Crippen MR) is 68.1 cm³/mol. The molecule has 0 aliphatic carbocycles. The van der Waals surface area contributed by atoms with E-state index in [1.54, 1.807) is 24.3 Å².